The number of alkyl halides is 1. The molecule has 1 aliphatic heterocycles. The van der Waals surface area contributed by atoms with Gasteiger partial charge in [-0.1, -0.05) is 15.9 Å². The molecule has 7 heteroatoms. The zero-order valence-corrected chi connectivity index (χ0v) is 13.3. The van der Waals surface area contributed by atoms with Crippen LogP contribution in [0.4, 0.5) is 0 Å². The first-order chi connectivity index (χ1) is 8.78. The van der Waals surface area contributed by atoms with E-state index in [-0.39, 0.29) is 17.4 Å². The van der Waals surface area contributed by atoms with Crippen LogP contribution < -0.4 is 5.32 Å². The predicted molar refractivity (Wildman–Crippen MR) is 78.4 cm³/mol. The van der Waals surface area contributed by atoms with Crippen LogP contribution in [0.15, 0.2) is 22.7 Å². The molecule has 0 aliphatic carbocycles. The van der Waals surface area contributed by atoms with E-state index < -0.39 is 21.3 Å². The summed E-state index contributed by atoms with van der Waals surface area (Å²) in [6.45, 7) is 1.82. The molecule has 1 fully saturated rings. The number of halogens is 2. The third-order valence-corrected chi connectivity index (χ3v) is 5.90. The Labute approximate surface area is 125 Å². The van der Waals surface area contributed by atoms with Crippen molar-refractivity contribution in [1.29, 1.82) is 0 Å². The van der Waals surface area contributed by atoms with Gasteiger partial charge in [-0.25, -0.2) is 8.42 Å². The number of amides is 1. The summed E-state index contributed by atoms with van der Waals surface area (Å²) in [5, 5.41) is 2.13. The van der Waals surface area contributed by atoms with Gasteiger partial charge in [-0.15, -0.1) is 11.6 Å². The Balaban J connectivity index is 2.14. The van der Waals surface area contributed by atoms with Crippen molar-refractivity contribution < 1.29 is 13.2 Å². The summed E-state index contributed by atoms with van der Waals surface area (Å²) in [5.74, 6) is -0.473. The molecule has 104 valence electrons. The summed E-state index contributed by atoms with van der Waals surface area (Å²) in [4.78, 5) is 12.1. The predicted octanol–water partition coefficient (Wildman–Crippen LogP) is 1.89. The van der Waals surface area contributed by atoms with Gasteiger partial charge in [-0.05, 0) is 30.7 Å². The molecule has 1 heterocycles. The number of benzene rings is 1. The molecule has 2 unspecified atom stereocenters. The smallest absolute Gasteiger partial charge is 0.251 e. The molecular weight excluding hydrogens is 354 g/mol. The second kappa shape index (κ2) is 5.42. The summed E-state index contributed by atoms with van der Waals surface area (Å²) in [5.41, 5.74) is 1.34. The van der Waals surface area contributed by atoms with Gasteiger partial charge in [0, 0.05) is 10.0 Å². The third kappa shape index (κ3) is 3.49. The lowest BCUT2D eigenvalue weighted by molar-refractivity contribution is 0.0941. The number of hydrogen-bond donors (Lipinski definition) is 1. The summed E-state index contributed by atoms with van der Waals surface area (Å²) < 4.78 is 23.8. The zero-order valence-electron chi connectivity index (χ0n) is 10.2. The standard InChI is InChI=1S/C12H13BrClNO3S/c1-7-4-8(13)2-3-9(7)12(16)15-11-6-19(17,18)5-10(11)14/h2-4,10-11H,5-6H2,1H3,(H,15,16). The first-order valence-corrected chi connectivity index (χ1v) is 8.75. The number of carbonyl (C=O) groups excluding carboxylic acids is 1. The van der Waals surface area contributed by atoms with Crippen molar-refractivity contribution in [3.63, 3.8) is 0 Å². The van der Waals surface area contributed by atoms with Crippen LogP contribution in [0.25, 0.3) is 0 Å². The van der Waals surface area contributed by atoms with Crippen molar-refractivity contribution in [3.8, 4) is 0 Å². The summed E-state index contributed by atoms with van der Waals surface area (Å²) >= 11 is 9.28. The van der Waals surface area contributed by atoms with E-state index in [9.17, 15) is 13.2 Å². The maximum atomic E-state index is 12.1. The molecule has 1 aromatic rings. The van der Waals surface area contributed by atoms with Gasteiger partial charge < -0.3 is 5.32 Å². The quantitative estimate of drug-likeness (QED) is 0.813. The SMILES string of the molecule is Cc1cc(Br)ccc1C(=O)NC1CS(=O)(=O)CC1Cl. The number of nitrogens with one attached hydrogen (secondary N) is 1. The van der Waals surface area contributed by atoms with Crippen LogP contribution in [0.3, 0.4) is 0 Å². The number of carbonyl (C=O) groups is 1. The van der Waals surface area contributed by atoms with Crippen LogP contribution in [-0.2, 0) is 9.84 Å². The summed E-state index contributed by atoms with van der Waals surface area (Å²) in [6.07, 6.45) is 0. The second-order valence-electron chi connectivity index (χ2n) is 4.63. The molecule has 2 rings (SSSR count). The fourth-order valence-electron chi connectivity index (χ4n) is 2.06. The molecule has 0 aromatic heterocycles. The second-order valence-corrected chi connectivity index (χ2v) is 8.26. The van der Waals surface area contributed by atoms with E-state index in [0.717, 1.165) is 10.0 Å². The van der Waals surface area contributed by atoms with Gasteiger partial charge in [0.1, 0.15) is 0 Å². The number of aryl methyl sites for hydroxylation is 1. The molecule has 1 amide bonds. The van der Waals surface area contributed by atoms with Crippen molar-refractivity contribution in [3.05, 3.63) is 33.8 Å². The van der Waals surface area contributed by atoms with E-state index in [1.165, 1.54) is 0 Å². The van der Waals surface area contributed by atoms with Crippen molar-refractivity contribution in [2.75, 3.05) is 11.5 Å². The molecule has 4 nitrogen and oxygen atoms in total. The molecule has 0 radical (unpaired) electrons. The Bertz CT molecular complexity index is 617. The largest absolute Gasteiger partial charge is 0.347 e. The summed E-state index contributed by atoms with van der Waals surface area (Å²) in [7, 11) is -3.14. The monoisotopic (exact) mass is 365 g/mol. The van der Waals surface area contributed by atoms with Crippen LogP contribution in [0.5, 0.6) is 0 Å². The van der Waals surface area contributed by atoms with E-state index >= 15 is 0 Å². The lowest BCUT2D eigenvalue weighted by Crippen LogP contribution is -2.40. The van der Waals surface area contributed by atoms with Gasteiger partial charge in [0.2, 0.25) is 0 Å². The molecule has 0 bridgehead atoms. The van der Waals surface area contributed by atoms with Crippen molar-refractivity contribution >= 4 is 43.3 Å². The lowest BCUT2D eigenvalue weighted by Gasteiger charge is -2.15. The zero-order chi connectivity index (χ0) is 14.2. The maximum absolute atomic E-state index is 12.1. The molecule has 19 heavy (non-hydrogen) atoms. The molecule has 1 aliphatic rings. The Hall–Kier alpha value is -0.590. The highest BCUT2D eigenvalue weighted by Crippen LogP contribution is 2.20. The molecule has 0 spiro atoms. The molecule has 1 N–H and O–H groups in total. The summed E-state index contributed by atoms with van der Waals surface area (Å²) in [6, 6.07) is 4.77. The van der Waals surface area contributed by atoms with Crippen molar-refractivity contribution in [2.24, 2.45) is 0 Å². The van der Waals surface area contributed by atoms with Crippen molar-refractivity contribution in [2.45, 2.75) is 18.3 Å². The molecule has 1 aromatic carbocycles. The molecule has 1 saturated heterocycles. The Morgan fingerprint density at radius 1 is 1.42 bits per heavy atom. The highest BCUT2D eigenvalue weighted by Gasteiger charge is 2.37. The minimum atomic E-state index is -3.14. The fourth-order valence-corrected chi connectivity index (χ4v) is 5.09. The number of sulfone groups is 1. The van der Waals surface area contributed by atoms with E-state index in [1.54, 1.807) is 12.1 Å². The number of hydrogen-bond acceptors (Lipinski definition) is 3. The molecular formula is C12H13BrClNO3S. The first-order valence-electron chi connectivity index (χ1n) is 5.70. The Kier molecular flexibility index (Phi) is 4.23. The molecule has 2 atom stereocenters. The highest BCUT2D eigenvalue weighted by molar-refractivity contribution is 9.10. The fraction of sp³-hybridized carbons (Fsp3) is 0.417. The normalized spacial score (nSPS) is 25.2. The van der Waals surface area contributed by atoms with Gasteiger partial charge in [-0.2, -0.15) is 0 Å². The van der Waals surface area contributed by atoms with E-state index in [1.807, 2.05) is 13.0 Å². The van der Waals surface area contributed by atoms with Crippen LogP contribution >= 0.6 is 27.5 Å². The average Bonchev–Trinajstić information content (AvgIpc) is 2.51. The van der Waals surface area contributed by atoms with Crippen LogP contribution in [0, 0.1) is 6.92 Å². The van der Waals surface area contributed by atoms with Gasteiger partial charge in [-0.3, -0.25) is 4.79 Å². The topological polar surface area (TPSA) is 63.2 Å². The van der Waals surface area contributed by atoms with E-state index in [4.69, 9.17) is 11.6 Å². The van der Waals surface area contributed by atoms with Gasteiger partial charge in [0.15, 0.2) is 9.84 Å². The highest BCUT2D eigenvalue weighted by atomic mass is 79.9. The first kappa shape index (κ1) is 14.8. The minimum absolute atomic E-state index is 0.0845. The van der Waals surface area contributed by atoms with Crippen LogP contribution in [0.1, 0.15) is 15.9 Å². The van der Waals surface area contributed by atoms with Gasteiger partial charge >= 0.3 is 0 Å². The average molecular weight is 367 g/mol. The van der Waals surface area contributed by atoms with Gasteiger partial charge in [0.05, 0.1) is 22.9 Å². The van der Waals surface area contributed by atoms with E-state index in [2.05, 4.69) is 21.2 Å². The van der Waals surface area contributed by atoms with E-state index in [0.29, 0.717) is 5.56 Å². The maximum Gasteiger partial charge on any atom is 0.251 e. The third-order valence-electron chi connectivity index (χ3n) is 3.03. The Morgan fingerprint density at radius 2 is 2.11 bits per heavy atom. The van der Waals surface area contributed by atoms with Crippen LogP contribution in [0.2, 0.25) is 0 Å². The van der Waals surface area contributed by atoms with Gasteiger partial charge in [0.25, 0.3) is 5.91 Å². The van der Waals surface area contributed by atoms with Crippen LogP contribution in [-0.4, -0.2) is 37.2 Å². The number of rotatable bonds is 2. The Morgan fingerprint density at radius 3 is 2.63 bits per heavy atom. The lowest BCUT2D eigenvalue weighted by atomic mass is 10.1. The minimum Gasteiger partial charge on any atom is -0.347 e. The molecule has 0 saturated carbocycles. The van der Waals surface area contributed by atoms with Crippen molar-refractivity contribution in [1.82, 2.24) is 5.32 Å².